The van der Waals surface area contributed by atoms with Crippen LogP contribution in [-0.2, 0) is 27.2 Å². The number of rotatable bonds is 3. The van der Waals surface area contributed by atoms with E-state index in [1.54, 1.807) is 0 Å². The second-order valence-corrected chi connectivity index (χ2v) is 3.45. The van der Waals surface area contributed by atoms with E-state index in [4.69, 9.17) is 0 Å². The lowest BCUT2D eigenvalue weighted by Crippen LogP contribution is -2.42. The van der Waals surface area contributed by atoms with Gasteiger partial charge in [-0.2, -0.15) is 9.36 Å². The molecule has 0 radical (unpaired) electrons. The monoisotopic (exact) mass is 192 g/mol. The van der Waals surface area contributed by atoms with Gasteiger partial charge in [0, 0.05) is 12.1 Å². The van der Waals surface area contributed by atoms with Gasteiger partial charge in [-0.15, -0.1) is 9.36 Å². The maximum atomic E-state index is 2.18. The molecule has 4 nitrogen and oxygen atoms in total. The van der Waals surface area contributed by atoms with Crippen LogP contribution in [0.2, 0.25) is 0 Å². The molecular weight excluding hydrogens is 176 g/mol. The van der Waals surface area contributed by atoms with Gasteiger partial charge in [0.05, 0.1) is 12.4 Å². The van der Waals surface area contributed by atoms with Crippen LogP contribution in [0.4, 0.5) is 0 Å². The molecule has 0 amide bonds. The minimum Gasteiger partial charge on any atom is -0.159 e. The first-order valence-electron chi connectivity index (χ1n) is 4.79. The zero-order valence-electron chi connectivity index (χ0n) is 8.67. The van der Waals surface area contributed by atoms with E-state index >= 15 is 0 Å². The van der Waals surface area contributed by atoms with E-state index in [0.717, 1.165) is 13.1 Å². The van der Waals surface area contributed by atoms with Crippen LogP contribution >= 0.6 is 0 Å². The highest BCUT2D eigenvalue weighted by molar-refractivity contribution is 4.73. The zero-order valence-corrected chi connectivity index (χ0v) is 8.67. The van der Waals surface area contributed by atoms with Crippen molar-refractivity contribution in [1.82, 2.24) is 9.36 Å². The van der Waals surface area contributed by atoms with Crippen LogP contribution in [0, 0.1) is 0 Å². The summed E-state index contributed by atoms with van der Waals surface area (Å²) in [5.74, 6) is 0. The third-order valence-electron chi connectivity index (χ3n) is 2.49. The highest BCUT2D eigenvalue weighted by atomic mass is 15.4. The molecule has 2 aromatic rings. The maximum absolute atomic E-state index is 2.18. The Labute approximate surface area is 83.6 Å². The van der Waals surface area contributed by atoms with Gasteiger partial charge in [0.25, 0.3) is 0 Å². The fourth-order valence-corrected chi connectivity index (χ4v) is 1.58. The van der Waals surface area contributed by atoms with Gasteiger partial charge in [-0.05, 0) is 0 Å². The van der Waals surface area contributed by atoms with E-state index in [9.17, 15) is 0 Å². The van der Waals surface area contributed by atoms with Gasteiger partial charge >= 0.3 is 0 Å². The Morgan fingerprint density at radius 1 is 0.857 bits per heavy atom. The summed E-state index contributed by atoms with van der Waals surface area (Å²) in [5.41, 5.74) is 0. The van der Waals surface area contributed by atoms with Crippen molar-refractivity contribution in [3.63, 3.8) is 0 Å². The molecule has 2 heterocycles. The summed E-state index contributed by atoms with van der Waals surface area (Å²) in [4.78, 5) is 0. The molecule has 0 aliphatic carbocycles. The fraction of sp³-hybridized carbons (Fsp3) is 0.400. The number of aromatic nitrogens is 4. The molecule has 14 heavy (non-hydrogen) atoms. The number of hydrogen-bond donors (Lipinski definition) is 0. The van der Waals surface area contributed by atoms with Crippen LogP contribution in [0.1, 0.15) is 0 Å². The molecule has 0 fully saturated rings. The third kappa shape index (κ3) is 1.69. The van der Waals surface area contributed by atoms with Gasteiger partial charge < -0.3 is 0 Å². The molecule has 4 heteroatoms. The first kappa shape index (κ1) is 8.99. The lowest BCUT2D eigenvalue weighted by molar-refractivity contribution is -0.762. The summed E-state index contributed by atoms with van der Waals surface area (Å²) in [7, 11) is 4.10. The van der Waals surface area contributed by atoms with Crippen LogP contribution in [0.5, 0.6) is 0 Å². The summed E-state index contributed by atoms with van der Waals surface area (Å²) in [6.07, 6.45) is 8.28. The molecule has 0 aromatic carbocycles. The van der Waals surface area contributed by atoms with Crippen molar-refractivity contribution >= 4 is 0 Å². The van der Waals surface area contributed by atoms with Crippen molar-refractivity contribution in [3.05, 3.63) is 36.9 Å². The Balaban J connectivity index is 2.02. The first-order chi connectivity index (χ1) is 6.77. The molecule has 74 valence electrons. The second kappa shape index (κ2) is 3.65. The molecular formula is C10H16N4+2. The van der Waals surface area contributed by atoms with Crippen LogP contribution < -0.4 is 9.36 Å². The molecule has 0 bridgehead atoms. The van der Waals surface area contributed by atoms with Gasteiger partial charge in [0.2, 0.25) is 0 Å². The zero-order chi connectivity index (χ0) is 9.97. The molecule has 2 rings (SSSR count). The lowest BCUT2D eigenvalue weighted by atomic mass is 10.6. The molecule has 0 aliphatic heterocycles. The van der Waals surface area contributed by atoms with E-state index in [-0.39, 0.29) is 0 Å². The summed E-state index contributed by atoms with van der Waals surface area (Å²) in [6, 6.07) is 4.10. The highest BCUT2D eigenvalue weighted by Gasteiger charge is 2.05. The summed E-state index contributed by atoms with van der Waals surface area (Å²) in [6.45, 7) is 1.98. The number of aryl methyl sites for hydroxylation is 4. The van der Waals surface area contributed by atoms with Crippen molar-refractivity contribution in [2.24, 2.45) is 14.1 Å². The summed E-state index contributed by atoms with van der Waals surface area (Å²) < 4.78 is 8.53. The minimum absolute atomic E-state index is 0.992. The Bertz CT molecular complexity index is 373. The normalized spacial score (nSPS) is 10.7. The van der Waals surface area contributed by atoms with Crippen molar-refractivity contribution in [2.75, 3.05) is 0 Å². The maximum Gasteiger partial charge on any atom is 0.195 e. The molecule has 0 saturated heterocycles. The lowest BCUT2D eigenvalue weighted by Gasteiger charge is -2.00. The van der Waals surface area contributed by atoms with E-state index in [1.165, 1.54) is 0 Å². The minimum atomic E-state index is 0.992. The summed E-state index contributed by atoms with van der Waals surface area (Å²) in [5, 5.41) is 0. The van der Waals surface area contributed by atoms with Crippen molar-refractivity contribution in [3.8, 4) is 0 Å². The van der Waals surface area contributed by atoms with Crippen molar-refractivity contribution in [1.29, 1.82) is 0 Å². The Kier molecular flexibility index (Phi) is 2.35. The number of hydrogen-bond acceptors (Lipinski definition) is 0. The molecule has 0 atom stereocenters. The predicted molar refractivity (Wildman–Crippen MR) is 51.2 cm³/mol. The highest BCUT2D eigenvalue weighted by Crippen LogP contribution is 1.86. The third-order valence-corrected chi connectivity index (χ3v) is 2.49. The average Bonchev–Trinajstić information content (AvgIpc) is 2.72. The van der Waals surface area contributed by atoms with Crippen LogP contribution in [-0.4, -0.2) is 9.36 Å². The van der Waals surface area contributed by atoms with E-state index in [2.05, 4.69) is 69.7 Å². The van der Waals surface area contributed by atoms with Crippen LogP contribution in [0.15, 0.2) is 36.9 Å². The largest absolute Gasteiger partial charge is 0.195 e. The van der Waals surface area contributed by atoms with E-state index < -0.39 is 0 Å². The predicted octanol–water partition coefficient (Wildman–Crippen LogP) is -0.361. The molecule has 0 spiro atoms. The van der Waals surface area contributed by atoms with Crippen LogP contribution in [0.3, 0.4) is 0 Å². The van der Waals surface area contributed by atoms with Gasteiger partial charge in [0.15, 0.2) is 26.5 Å². The van der Waals surface area contributed by atoms with Gasteiger partial charge in [-0.1, -0.05) is 0 Å². The Morgan fingerprint density at radius 2 is 1.29 bits per heavy atom. The number of nitrogens with zero attached hydrogens (tertiary/aromatic N) is 4. The summed E-state index contributed by atoms with van der Waals surface area (Å²) >= 11 is 0. The standard InChI is InChI=1S/C10H16N4/c1-11-5-3-7-13(11)9-10-14-8-4-6-12(14)2/h3-8H,9-10H2,1-2H3/q+2. The topological polar surface area (TPSA) is 17.6 Å². The van der Waals surface area contributed by atoms with Gasteiger partial charge in [-0.25, -0.2) is 0 Å². The first-order valence-corrected chi connectivity index (χ1v) is 4.79. The van der Waals surface area contributed by atoms with Crippen molar-refractivity contribution in [2.45, 2.75) is 13.1 Å². The molecule has 2 aromatic heterocycles. The average molecular weight is 192 g/mol. The Morgan fingerprint density at radius 3 is 1.57 bits per heavy atom. The van der Waals surface area contributed by atoms with E-state index in [0.29, 0.717) is 0 Å². The van der Waals surface area contributed by atoms with Crippen LogP contribution in [0.25, 0.3) is 0 Å². The molecule has 0 aliphatic rings. The molecule has 0 unspecified atom stereocenters. The van der Waals surface area contributed by atoms with Crippen molar-refractivity contribution < 1.29 is 9.36 Å². The van der Waals surface area contributed by atoms with Gasteiger partial charge in [0.1, 0.15) is 13.1 Å². The quantitative estimate of drug-likeness (QED) is 0.591. The molecule has 0 saturated carbocycles. The molecule has 0 N–H and O–H groups in total. The van der Waals surface area contributed by atoms with Gasteiger partial charge in [-0.3, -0.25) is 0 Å². The SMILES string of the molecule is C[n+]1cccn1CCn1ccc[n+]1C. The second-order valence-electron chi connectivity index (χ2n) is 3.45. The Hall–Kier alpha value is -1.58. The van der Waals surface area contributed by atoms with E-state index in [1.807, 2.05) is 0 Å². The fourth-order valence-electron chi connectivity index (χ4n) is 1.58. The smallest absolute Gasteiger partial charge is 0.159 e.